The molecule has 0 fully saturated rings. The molecule has 0 aliphatic rings. The van der Waals surface area contributed by atoms with Crippen molar-refractivity contribution in [2.45, 2.75) is 13.0 Å². The van der Waals surface area contributed by atoms with Gasteiger partial charge in [0.15, 0.2) is 11.8 Å². The third kappa shape index (κ3) is 1.97. The van der Waals surface area contributed by atoms with Gasteiger partial charge >= 0.3 is 5.97 Å². The summed E-state index contributed by atoms with van der Waals surface area (Å²) < 4.78 is 0. The number of aryl methyl sites for hydroxylation is 1. The molecule has 1 rings (SSSR count). The number of nitrogens with two attached hydrogens (primary N) is 1. The van der Waals surface area contributed by atoms with Gasteiger partial charge in [-0.2, -0.15) is 0 Å². The smallest absolute Gasteiger partial charge is 0.328 e. The highest BCUT2D eigenvalue weighted by Crippen LogP contribution is 2.09. The number of carbonyl (C=O) groups is 2. The summed E-state index contributed by atoms with van der Waals surface area (Å²) in [6.07, 6.45) is 0. The van der Waals surface area contributed by atoms with E-state index in [1.54, 1.807) is 31.2 Å². The Morgan fingerprint density at radius 3 is 2.43 bits per heavy atom. The molecule has 0 heterocycles. The highest BCUT2D eigenvalue weighted by molar-refractivity contribution is 6.12. The molecule has 4 nitrogen and oxygen atoms in total. The van der Waals surface area contributed by atoms with E-state index in [1.807, 2.05) is 0 Å². The van der Waals surface area contributed by atoms with Crippen LogP contribution in [0.2, 0.25) is 0 Å². The molecule has 0 amide bonds. The summed E-state index contributed by atoms with van der Waals surface area (Å²) in [5, 5.41) is 8.56. The Hall–Kier alpha value is -1.68. The number of carbonyl (C=O) groups excluding carboxylic acids is 1. The molecule has 14 heavy (non-hydrogen) atoms. The Morgan fingerprint density at radius 2 is 1.93 bits per heavy atom. The van der Waals surface area contributed by atoms with Crippen LogP contribution in [-0.4, -0.2) is 22.9 Å². The van der Waals surface area contributed by atoms with Crippen molar-refractivity contribution in [1.82, 2.24) is 0 Å². The van der Waals surface area contributed by atoms with Gasteiger partial charge in [-0.25, -0.2) is 0 Å². The molecule has 0 saturated heterocycles. The van der Waals surface area contributed by atoms with Crippen LogP contribution in [0.5, 0.6) is 0 Å². The molecular weight excluding hydrogens is 182 g/mol. The topological polar surface area (TPSA) is 80.4 Å². The van der Waals surface area contributed by atoms with Crippen LogP contribution >= 0.6 is 0 Å². The first kappa shape index (κ1) is 10.4. The van der Waals surface area contributed by atoms with Gasteiger partial charge < -0.3 is 10.8 Å². The zero-order valence-electron chi connectivity index (χ0n) is 7.73. The minimum absolute atomic E-state index is 0.363. The molecule has 0 spiro atoms. The van der Waals surface area contributed by atoms with E-state index < -0.39 is 17.8 Å². The van der Waals surface area contributed by atoms with Gasteiger partial charge in [-0.3, -0.25) is 9.59 Å². The molecule has 4 heteroatoms. The lowest BCUT2D eigenvalue weighted by Crippen LogP contribution is -2.38. The van der Waals surface area contributed by atoms with E-state index >= 15 is 0 Å². The summed E-state index contributed by atoms with van der Waals surface area (Å²) in [5.74, 6) is -1.87. The number of ketones is 1. The molecule has 0 bridgehead atoms. The fraction of sp³-hybridized carbons (Fsp3) is 0.200. The monoisotopic (exact) mass is 193 g/mol. The molecule has 1 unspecified atom stereocenters. The van der Waals surface area contributed by atoms with Crippen molar-refractivity contribution < 1.29 is 14.7 Å². The van der Waals surface area contributed by atoms with Gasteiger partial charge in [0.05, 0.1) is 0 Å². The van der Waals surface area contributed by atoms with Gasteiger partial charge in [0.2, 0.25) is 0 Å². The van der Waals surface area contributed by atoms with Gasteiger partial charge in [0.25, 0.3) is 0 Å². The first-order chi connectivity index (χ1) is 6.54. The van der Waals surface area contributed by atoms with Crippen LogP contribution < -0.4 is 5.73 Å². The maximum Gasteiger partial charge on any atom is 0.328 e. The van der Waals surface area contributed by atoms with Crippen LogP contribution in [0.1, 0.15) is 15.9 Å². The van der Waals surface area contributed by atoms with Crippen molar-refractivity contribution in [1.29, 1.82) is 0 Å². The second-order valence-electron chi connectivity index (χ2n) is 3.00. The van der Waals surface area contributed by atoms with Crippen molar-refractivity contribution in [3.05, 3.63) is 35.4 Å². The highest BCUT2D eigenvalue weighted by Gasteiger charge is 2.23. The average Bonchev–Trinajstić information content (AvgIpc) is 2.16. The second kappa shape index (κ2) is 4.02. The summed E-state index contributed by atoms with van der Waals surface area (Å²) >= 11 is 0. The number of benzene rings is 1. The summed E-state index contributed by atoms with van der Waals surface area (Å²) in [6.45, 7) is 1.74. The van der Waals surface area contributed by atoms with Crippen LogP contribution in [0.15, 0.2) is 24.3 Å². The lowest BCUT2D eigenvalue weighted by atomic mass is 10.0. The second-order valence-corrected chi connectivity index (χ2v) is 3.00. The molecule has 74 valence electrons. The molecule has 1 aromatic carbocycles. The average molecular weight is 193 g/mol. The highest BCUT2D eigenvalue weighted by atomic mass is 16.4. The molecule has 0 aliphatic carbocycles. The van der Waals surface area contributed by atoms with Crippen molar-refractivity contribution in [2.75, 3.05) is 0 Å². The fourth-order valence-electron chi connectivity index (χ4n) is 1.13. The van der Waals surface area contributed by atoms with E-state index in [0.29, 0.717) is 5.56 Å². The Balaban J connectivity index is 3.01. The number of hydrogen-bond acceptors (Lipinski definition) is 3. The minimum atomic E-state index is -1.48. The third-order valence-electron chi connectivity index (χ3n) is 1.96. The van der Waals surface area contributed by atoms with Crippen LogP contribution in [0.3, 0.4) is 0 Å². The lowest BCUT2D eigenvalue weighted by Gasteiger charge is -2.07. The van der Waals surface area contributed by atoms with Crippen LogP contribution in [0, 0.1) is 6.92 Å². The molecule has 0 aromatic heterocycles. The van der Waals surface area contributed by atoms with Gasteiger partial charge in [-0.1, -0.05) is 24.3 Å². The molecular formula is C10H11NO3. The zero-order chi connectivity index (χ0) is 10.7. The quantitative estimate of drug-likeness (QED) is 0.543. The molecule has 0 saturated carbocycles. The predicted molar refractivity (Wildman–Crippen MR) is 51.1 cm³/mol. The van der Waals surface area contributed by atoms with E-state index in [2.05, 4.69) is 0 Å². The number of hydrogen-bond donors (Lipinski definition) is 2. The summed E-state index contributed by atoms with van der Waals surface area (Å²) in [6, 6.07) is 5.28. The Bertz CT molecular complexity index is 373. The number of carboxylic acids is 1. The molecule has 3 N–H and O–H groups in total. The molecule has 1 aromatic rings. The summed E-state index contributed by atoms with van der Waals surface area (Å²) in [5.41, 5.74) is 6.31. The van der Waals surface area contributed by atoms with Crippen molar-refractivity contribution >= 4 is 11.8 Å². The van der Waals surface area contributed by atoms with Gasteiger partial charge in [-0.05, 0) is 12.5 Å². The maximum absolute atomic E-state index is 11.5. The third-order valence-corrected chi connectivity index (χ3v) is 1.96. The van der Waals surface area contributed by atoms with E-state index in [9.17, 15) is 9.59 Å². The predicted octanol–water partition coefficient (Wildman–Crippen LogP) is 0.590. The minimum Gasteiger partial charge on any atom is -0.480 e. The van der Waals surface area contributed by atoms with Crippen LogP contribution in [0.4, 0.5) is 0 Å². The number of aliphatic carboxylic acids is 1. The standard InChI is InChI=1S/C10H11NO3/c1-6-4-2-3-5-7(6)9(12)8(11)10(13)14/h2-5,8H,11H2,1H3,(H,13,14). The van der Waals surface area contributed by atoms with Crippen molar-refractivity contribution in [3.63, 3.8) is 0 Å². The summed E-state index contributed by atoms with van der Waals surface area (Å²) in [4.78, 5) is 22.0. The van der Waals surface area contributed by atoms with Crippen molar-refractivity contribution in [3.8, 4) is 0 Å². The lowest BCUT2D eigenvalue weighted by molar-refractivity contribution is -0.137. The maximum atomic E-state index is 11.5. The van der Waals surface area contributed by atoms with Crippen LogP contribution in [0.25, 0.3) is 0 Å². The molecule has 0 radical (unpaired) electrons. The van der Waals surface area contributed by atoms with E-state index in [0.717, 1.165) is 5.56 Å². The normalized spacial score (nSPS) is 12.1. The Kier molecular flexibility index (Phi) is 2.99. The molecule has 0 aliphatic heterocycles. The first-order valence-electron chi connectivity index (χ1n) is 4.12. The Labute approximate surface area is 81.3 Å². The van der Waals surface area contributed by atoms with Gasteiger partial charge in [0.1, 0.15) is 0 Å². The van der Waals surface area contributed by atoms with E-state index in [-0.39, 0.29) is 0 Å². The first-order valence-corrected chi connectivity index (χ1v) is 4.12. The van der Waals surface area contributed by atoms with Crippen LogP contribution in [-0.2, 0) is 4.79 Å². The Morgan fingerprint density at radius 1 is 1.36 bits per heavy atom. The molecule has 1 atom stereocenters. The number of rotatable bonds is 3. The van der Waals surface area contributed by atoms with E-state index in [1.165, 1.54) is 0 Å². The summed E-state index contributed by atoms with van der Waals surface area (Å²) in [7, 11) is 0. The SMILES string of the molecule is Cc1ccccc1C(=O)C(N)C(=O)O. The number of Topliss-reactive ketones (excluding diaryl/α,β-unsaturated/α-hetero) is 1. The van der Waals surface area contributed by atoms with Gasteiger partial charge in [-0.15, -0.1) is 0 Å². The zero-order valence-corrected chi connectivity index (χ0v) is 7.73. The van der Waals surface area contributed by atoms with Crippen molar-refractivity contribution in [2.24, 2.45) is 5.73 Å². The fourth-order valence-corrected chi connectivity index (χ4v) is 1.13. The number of carboxylic acid groups (broad SMARTS) is 1. The van der Waals surface area contributed by atoms with Gasteiger partial charge in [0, 0.05) is 5.56 Å². The largest absolute Gasteiger partial charge is 0.480 e. The van der Waals surface area contributed by atoms with E-state index in [4.69, 9.17) is 10.8 Å².